The van der Waals surface area contributed by atoms with E-state index >= 15 is 0 Å². The van der Waals surface area contributed by atoms with Crippen LogP contribution in [-0.2, 0) is 33.6 Å². The molecule has 0 aliphatic heterocycles. The highest BCUT2D eigenvalue weighted by atomic mass is 32.1. The first-order valence-corrected chi connectivity index (χ1v) is 18.0. The van der Waals surface area contributed by atoms with Crippen molar-refractivity contribution in [1.29, 1.82) is 0 Å². The Bertz CT molecular complexity index is 1120. The molecule has 2 amide bonds. The molecule has 3 rings (SSSR count). The number of nitrogens with zero attached hydrogens (tertiary/aromatic N) is 1. The van der Waals surface area contributed by atoms with E-state index < -0.39 is 0 Å². The molecule has 0 radical (unpaired) electrons. The van der Waals surface area contributed by atoms with Crippen molar-refractivity contribution in [1.82, 2.24) is 15.5 Å². The SMILES string of the molecule is CCCCCCNC(=O)CCCCCCC(=O)NCCC(=O)Oc1cccc2c1CC[C@H](N(CCC)CCc1cccs1)C2. The molecular formula is C36H55N3O4S. The van der Waals surface area contributed by atoms with E-state index in [1.165, 1.54) is 29.7 Å². The highest BCUT2D eigenvalue weighted by Gasteiger charge is 2.26. The monoisotopic (exact) mass is 625 g/mol. The number of carbonyl (C=O) groups excluding carboxylic acids is 3. The van der Waals surface area contributed by atoms with Crippen LogP contribution in [-0.4, -0.2) is 54.9 Å². The van der Waals surface area contributed by atoms with Gasteiger partial charge in [-0.25, -0.2) is 0 Å². The lowest BCUT2D eigenvalue weighted by molar-refractivity contribution is -0.134. The van der Waals surface area contributed by atoms with Gasteiger partial charge in [-0.3, -0.25) is 19.3 Å². The molecule has 2 aromatic rings. The largest absolute Gasteiger partial charge is 0.426 e. The van der Waals surface area contributed by atoms with Gasteiger partial charge in [-0.2, -0.15) is 0 Å². The molecule has 1 aliphatic carbocycles. The molecule has 1 aromatic heterocycles. The van der Waals surface area contributed by atoms with Gasteiger partial charge >= 0.3 is 5.97 Å². The highest BCUT2D eigenvalue weighted by Crippen LogP contribution is 2.32. The number of benzene rings is 1. The van der Waals surface area contributed by atoms with Crippen molar-refractivity contribution < 1.29 is 19.1 Å². The van der Waals surface area contributed by atoms with Crippen LogP contribution >= 0.6 is 11.3 Å². The zero-order valence-electron chi connectivity index (χ0n) is 27.2. The van der Waals surface area contributed by atoms with Gasteiger partial charge in [0.1, 0.15) is 5.75 Å². The first-order chi connectivity index (χ1) is 21.5. The van der Waals surface area contributed by atoms with Crippen molar-refractivity contribution >= 4 is 29.1 Å². The second-order valence-electron chi connectivity index (χ2n) is 12.1. The minimum absolute atomic E-state index is 0.0403. The number of fused-ring (bicyclic) bond motifs is 1. The summed E-state index contributed by atoms with van der Waals surface area (Å²) in [5.74, 6) is 0.447. The molecule has 0 bridgehead atoms. The number of esters is 1. The average molecular weight is 626 g/mol. The molecule has 1 aromatic carbocycles. The number of rotatable bonds is 22. The Balaban J connectivity index is 1.29. The Kier molecular flexibility index (Phi) is 17.2. The van der Waals surface area contributed by atoms with Crippen molar-refractivity contribution in [2.45, 2.75) is 123 Å². The summed E-state index contributed by atoms with van der Waals surface area (Å²) in [5, 5.41) is 7.99. The fraction of sp³-hybridized carbons (Fsp3) is 0.639. The zero-order chi connectivity index (χ0) is 31.4. The third-order valence-corrected chi connectivity index (χ3v) is 9.39. The van der Waals surface area contributed by atoms with E-state index in [0.29, 0.717) is 24.6 Å². The summed E-state index contributed by atoms with van der Waals surface area (Å²) in [4.78, 5) is 40.8. The molecule has 44 heavy (non-hydrogen) atoms. The number of hydrogen-bond acceptors (Lipinski definition) is 6. The van der Waals surface area contributed by atoms with E-state index in [1.807, 2.05) is 23.5 Å². The number of ether oxygens (including phenoxy) is 1. The smallest absolute Gasteiger partial charge is 0.312 e. The molecule has 0 saturated carbocycles. The molecule has 7 nitrogen and oxygen atoms in total. The van der Waals surface area contributed by atoms with Crippen LogP contribution in [0.1, 0.15) is 113 Å². The van der Waals surface area contributed by atoms with Crippen LogP contribution in [0.5, 0.6) is 5.75 Å². The van der Waals surface area contributed by atoms with Gasteiger partial charge in [-0.05, 0) is 86.6 Å². The van der Waals surface area contributed by atoms with E-state index in [4.69, 9.17) is 4.74 Å². The Morgan fingerprint density at radius 2 is 1.59 bits per heavy atom. The molecule has 0 fully saturated rings. The molecule has 1 heterocycles. The van der Waals surface area contributed by atoms with E-state index in [1.54, 1.807) is 0 Å². The van der Waals surface area contributed by atoms with Crippen molar-refractivity contribution in [3.05, 3.63) is 51.7 Å². The first kappa shape index (κ1) is 35.8. The molecule has 0 unspecified atom stereocenters. The van der Waals surface area contributed by atoms with Crippen molar-refractivity contribution in [2.24, 2.45) is 0 Å². The first-order valence-electron chi connectivity index (χ1n) is 17.1. The lowest BCUT2D eigenvalue weighted by Crippen LogP contribution is -2.41. The highest BCUT2D eigenvalue weighted by molar-refractivity contribution is 7.09. The molecule has 0 spiro atoms. The van der Waals surface area contributed by atoms with Crippen molar-refractivity contribution in [2.75, 3.05) is 26.2 Å². The number of unbranched alkanes of at least 4 members (excludes halogenated alkanes) is 6. The van der Waals surface area contributed by atoms with Gasteiger partial charge in [0.2, 0.25) is 11.8 Å². The number of hydrogen-bond donors (Lipinski definition) is 2. The number of thiophene rings is 1. The fourth-order valence-corrected chi connectivity index (χ4v) is 6.69. The van der Waals surface area contributed by atoms with Gasteiger partial charge in [0.25, 0.3) is 0 Å². The number of amides is 2. The maximum absolute atomic E-state index is 12.6. The summed E-state index contributed by atoms with van der Waals surface area (Å²) >= 11 is 1.83. The minimum Gasteiger partial charge on any atom is -0.426 e. The summed E-state index contributed by atoms with van der Waals surface area (Å²) in [6.45, 7) is 7.66. The molecule has 1 aliphatic rings. The summed E-state index contributed by atoms with van der Waals surface area (Å²) in [7, 11) is 0. The lowest BCUT2D eigenvalue weighted by atomic mass is 9.86. The molecule has 2 N–H and O–H groups in total. The Morgan fingerprint density at radius 1 is 0.841 bits per heavy atom. The number of nitrogens with one attached hydrogen (secondary N) is 2. The van der Waals surface area contributed by atoms with Gasteiger partial charge in [0.05, 0.1) is 6.42 Å². The lowest BCUT2D eigenvalue weighted by Gasteiger charge is -2.35. The summed E-state index contributed by atoms with van der Waals surface area (Å²) in [5.41, 5.74) is 2.43. The maximum atomic E-state index is 12.6. The molecule has 1 atom stereocenters. The quantitative estimate of drug-likeness (QED) is 0.0835. The molecule has 8 heteroatoms. The Labute approximate surface area is 269 Å². The second kappa shape index (κ2) is 21.1. The van der Waals surface area contributed by atoms with Crippen LogP contribution in [0.3, 0.4) is 0 Å². The van der Waals surface area contributed by atoms with E-state index in [9.17, 15) is 14.4 Å². The second-order valence-corrected chi connectivity index (χ2v) is 13.1. The summed E-state index contributed by atoms with van der Waals surface area (Å²) in [6, 6.07) is 10.9. The zero-order valence-corrected chi connectivity index (χ0v) is 28.0. The van der Waals surface area contributed by atoms with Crippen LogP contribution < -0.4 is 15.4 Å². The third kappa shape index (κ3) is 13.5. The normalized spacial score (nSPS) is 14.3. The van der Waals surface area contributed by atoms with Gasteiger partial charge in [0, 0.05) is 43.4 Å². The molecule has 244 valence electrons. The third-order valence-electron chi connectivity index (χ3n) is 8.45. The van der Waals surface area contributed by atoms with Crippen LogP contribution in [0.4, 0.5) is 0 Å². The van der Waals surface area contributed by atoms with Crippen LogP contribution in [0.2, 0.25) is 0 Å². The van der Waals surface area contributed by atoms with Crippen LogP contribution in [0.25, 0.3) is 0 Å². The average Bonchev–Trinajstić information content (AvgIpc) is 3.54. The van der Waals surface area contributed by atoms with Gasteiger partial charge in [0.15, 0.2) is 0 Å². The predicted molar refractivity (Wildman–Crippen MR) is 180 cm³/mol. The topological polar surface area (TPSA) is 87.7 Å². The van der Waals surface area contributed by atoms with Crippen LogP contribution in [0, 0.1) is 0 Å². The van der Waals surface area contributed by atoms with Gasteiger partial charge in [-0.15, -0.1) is 11.3 Å². The Hall–Kier alpha value is -2.71. The van der Waals surface area contributed by atoms with E-state index in [0.717, 1.165) is 89.4 Å². The maximum Gasteiger partial charge on any atom is 0.312 e. The van der Waals surface area contributed by atoms with Gasteiger partial charge in [-0.1, -0.05) is 64.2 Å². The number of carbonyl (C=O) groups is 3. The molecular weight excluding hydrogens is 570 g/mol. The van der Waals surface area contributed by atoms with E-state index in [-0.39, 0.29) is 30.7 Å². The Morgan fingerprint density at radius 3 is 2.30 bits per heavy atom. The van der Waals surface area contributed by atoms with Crippen molar-refractivity contribution in [3.8, 4) is 5.75 Å². The summed E-state index contributed by atoms with van der Waals surface area (Å²) in [6.07, 6.45) is 14.5. The minimum atomic E-state index is -0.312. The van der Waals surface area contributed by atoms with Gasteiger partial charge < -0.3 is 15.4 Å². The predicted octanol–water partition coefficient (Wildman–Crippen LogP) is 7.01. The molecule has 0 saturated heterocycles. The fourth-order valence-electron chi connectivity index (χ4n) is 5.99. The standard InChI is InChI=1S/C36H55N3O4S/c1-3-5-6-11-23-37-34(40)17-9-7-8-10-18-35(41)38-24-21-36(42)43-33-16-12-14-29-28-30(19-20-32(29)33)39(25-4-2)26-22-31-15-13-27-44-31/h12-16,27,30H,3-11,17-26,28H2,1-2H3,(H,37,40)(H,38,41)/t30-/m0/s1. The van der Waals surface area contributed by atoms with Crippen molar-refractivity contribution in [3.63, 3.8) is 0 Å². The summed E-state index contributed by atoms with van der Waals surface area (Å²) < 4.78 is 5.79. The van der Waals surface area contributed by atoms with Crippen LogP contribution in [0.15, 0.2) is 35.7 Å². The van der Waals surface area contributed by atoms with E-state index in [2.05, 4.69) is 53.0 Å².